The molecular weight excluding hydrogens is 298 g/mol. The Morgan fingerprint density at radius 3 is 2.79 bits per heavy atom. The van der Waals surface area contributed by atoms with E-state index in [1.807, 2.05) is 18.4 Å². The number of hydrogen-bond donors (Lipinski definition) is 1. The molecule has 0 amide bonds. The number of H-pyrrole nitrogens is 1. The van der Waals surface area contributed by atoms with E-state index >= 15 is 0 Å². The molecule has 6 heteroatoms. The molecule has 0 aliphatic heterocycles. The summed E-state index contributed by atoms with van der Waals surface area (Å²) in [4.78, 5) is 11.9. The molecule has 0 bridgehead atoms. The molecular formula is C13H10ClN3S2. The van der Waals surface area contributed by atoms with Crippen molar-refractivity contribution in [1.29, 1.82) is 0 Å². The summed E-state index contributed by atoms with van der Waals surface area (Å²) in [6, 6.07) is 12.1. The van der Waals surface area contributed by atoms with E-state index < -0.39 is 0 Å². The van der Waals surface area contributed by atoms with Gasteiger partial charge in [-0.1, -0.05) is 53.3 Å². The van der Waals surface area contributed by atoms with Crippen LogP contribution in [0.1, 0.15) is 0 Å². The van der Waals surface area contributed by atoms with Gasteiger partial charge in [-0.25, -0.2) is 9.97 Å². The van der Waals surface area contributed by atoms with Gasteiger partial charge in [0.25, 0.3) is 0 Å². The van der Waals surface area contributed by atoms with Gasteiger partial charge in [0.05, 0.1) is 5.03 Å². The highest BCUT2D eigenvalue weighted by molar-refractivity contribution is 7.99. The first-order chi connectivity index (χ1) is 9.24. The van der Waals surface area contributed by atoms with E-state index in [2.05, 4.69) is 33.2 Å². The van der Waals surface area contributed by atoms with Crippen LogP contribution in [0.3, 0.4) is 0 Å². The zero-order valence-electron chi connectivity index (χ0n) is 10.1. The quantitative estimate of drug-likeness (QED) is 0.440. The molecule has 2 aromatic heterocycles. The number of halogens is 1. The summed E-state index contributed by atoms with van der Waals surface area (Å²) < 4.78 is 0. The maximum atomic E-state index is 5.99. The van der Waals surface area contributed by atoms with Crippen LogP contribution in [0.25, 0.3) is 10.9 Å². The van der Waals surface area contributed by atoms with Crippen LogP contribution >= 0.6 is 35.1 Å². The van der Waals surface area contributed by atoms with E-state index in [9.17, 15) is 0 Å². The number of aromatic amines is 1. The fourth-order valence-electron chi connectivity index (χ4n) is 1.74. The van der Waals surface area contributed by atoms with Crippen molar-refractivity contribution in [3.8, 4) is 0 Å². The molecule has 1 N–H and O–H groups in total. The number of nitrogens with zero attached hydrogens (tertiary/aromatic N) is 2. The maximum Gasteiger partial charge on any atom is 0.189 e. The largest absolute Gasteiger partial charge is 0.349 e. The van der Waals surface area contributed by atoms with Gasteiger partial charge in [-0.3, -0.25) is 0 Å². The van der Waals surface area contributed by atoms with Gasteiger partial charge in [0, 0.05) is 17.0 Å². The lowest BCUT2D eigenvalue weighted by atomic mass is 10.3. The highest BCUT2D eigenvalue weighted by Gasteiger charge is 2.06. The molecule has 2 heterocycles. The zero-order chi connectivity index (χ0) is 13.2. The lowest BCUT2D eigenvalue weighted by Crippen LogP contribution is -1.88. The highest BCUT2D eigenvalue weighted by atomic mass is 35.5. The van der Waals surface area contributed by atoms with Crippen LogP contribution in [0.4, 0.5) is 0 Å². The Balaban J connectivity index is 1.94. The summed E-state index contributed by atoms with van der Waals surface area (Å²) in [7, 11) is 0. The monoisotopic (exact) mass is 307 g/mol. The number of hydrogen-bond acceptors (Lipinski definition) is 4. The number of aromatic nitrogens is 3. The highest BCUT2D eigenvalue weighted by Crippen LogP contribution is 2.30. The molecule has 0 radical (unpaired) electrons. The molecule has 96 valence electrons. The number of benzene rings is 1. The van der Waals surface area contributed by atoms with Gasteiger partial charge >= 0.3 is 0 Å². The van der Waals surface area contributed by atoms with Crippen molar-refractivity contribution in [2.24, 2.45) is 0 Å². The fourth-order valence-corrected chi connectivity index (χ4v) is 3.35. The Morgan fingerprint density at radius 1 is 1.16 bits per heavy atom. The predicted molar refractivity (Wildman–Crippen MR) is 81.2 cm³/mol. The van der Waals surface area contributed by atoms with Crippen molar-refractivity contribution in [2.45, 2.75) is 15.2 Å². The first kappa shape index (κ1) is 12.8. The van der Waals surface area contributed by atoms with Crippen LogP contribution in [0, 0.1) is 0 Å². The number of thioether (sulfide) groups is 1. The third-order valence-corrected chi connectivity index (χ3v) is 4.15. The summed E-state index contributed by atoms with van der Waals surface area (Å²) in [5, 5.41) is 4.23. The van der Waals surface area contributed by atoms with Crippen molar-refractivity contribution in [2.75, 3.05) is 6.26 Å². The molecule has 19 heavy (non-hydrogen) atoms. The van der Waals surface area contributed by atoms with Gasteiger partial charge in [0.15, 0.2) is 5.16 Å². The number of rotatable bonds is 3. The average molecular weight is 308 g/mol. The van der Waals surface area contributed by atoms with E-state index in [1.54, 1.807) is 17.8 Å². The molecule has 0 saturated carbocycles. The molecule has 0 fully saturated rings. The molecule has 0 aliphatic rings. The van der Waals surface area contributed by atoms with E-state index in [0.717, 1.165) is 15.6 Å². The molecule has 3 nitrogen and oxygen atoms in total. The lowest BCUT2D eigenvalue weighted by Gasteiger charge is -2.01. The minimum Gasteiger partial charge on any atom is -0.349 e. The normalized spacial score (nSPS) is 11.1. The van der Waals surface area contributed by atoms with Crippen LogP contribution in [-0.2, 0) is 0 Å². The second-order valence-electron chi connectivity index (χ2n) is 3.84. The van der Waals surface area contributed by atoms with E-state index in [1.165, 1.54) is 17.1 Å². The Hall–Kier alpha value is -1.17. The van der Waals surface area contributed by atoms with E-state index in [-0.39, 0.29) is 0 Å². The van der Waals surface area contributed by atoms with Gasteiger partial charge in [0.2, 0.25) is 0 Å². The van der Waals surface area contributed by atoms with Crippen LogP contribution < -0.4 is 0 Å². The third kappa shape index (κ3) is 2.88. The Bertz CT molecular complexity index is 694. The zero-order valence-corrected chi connectivity index (χ0v) is 12.4. The fraction of sp³-hybridized carbons (Fsp3) is 0.0769. The summed E-state index contributed by atoms with van der Waals surface area (Å²) in [6.07, 6.45) is 1.93. The predicted octanol–water partition coefficient (Wildman–Crippen LogP) is 4.48. The lowest BCUT2D eigenvalue weighted by molar-refractivity contribution is 0.893. The molecule has 3 rings (SSSR count). The number of nitrogens with one attached hydrogen (secondary N) is 1. The van der Waals surface area contributed by atoms with Crippen molar-refractivity contribution in [3.05, 3.63) is 41.6 Å². The van der Waals surface area contributed by atoms with Crippen molar-refractivity contribution >= 4 is 46.0 Å². The van der Waals surface area contributed by atoms with Crippen molar-refractivity contribution in [3.63, 3.8) is 0 Å². The van der Waals surface area contributed by atoms with Crippen LogP contribution in [0.5, 0.6) is 0 Å². The third-order valence-electron chi connectivity index (χ3n) is 2.55. The molecule has 1 aromatic carbocycles. The second-order valence-corrected chi connectivity index (χ2v) is 6.06. The average Bonchev–Trinajstić information content (AvgIpc) is 2.80. The molecule has 3 aromatic rings. The molecule has 0 unspecified atom stereocenters. The smallest absolute Gasteiger partial charge is 0.189 e. The topological polar surface area (TPSA) is 41.6 Å². The van der Waals surface area contributed by atoms with Gasteiger partial charge in [-0.15, -0.1) is 0 Å². The summed E-state index contributed by atoms with van der Waals surface area (Å²) in [5.41, 5.74) is 1.12. The second kappa shape index (κ2) is 5.45. The van der Waals surface area contributed by atoms with Gasteiger partial charge in [-0.05, 0) is 18.4 Å². The van der Waals surface area contributed by atoms with Gasteiger partial charge < -0.3 is 4.98 Å². The summed E-state index contributed by atoms with van der Waals surface area (Å²) in [6.45, 7) is 0. The Kier molecular flexibility index (Phi) is 3.68. The van der Waals surface area contributed by atoms with Crippen molar-refractivity contribution < 1.29 is 0 Å². The first-order valence-electron chi connectivity index (χ1n) is 5.59. The summed E-state index contributed by atoms with van der Waals surface area (Å²) >= 11 is 9.02. The van der Waals surface area contributed by atoms with Crippen molar-refractivity contribution in [1.82, 2.24) is 15.0 Å². The minimum atomic E-state index is 0.470. The number of para-hydroxylation sites is 1. The molecule has 0 atom stereocenters. The van der Waals surface area contributed by atoms with E-state index in [4.69, 9.17) is 11.6 Å². The van der Waals surface area contributed by atoms with E-state index in [0.29, 0.717) is 10.3 Å². The number of fused-ring (bicyclic) bond motifs is 1. The molecule has 0 spiro atoms. The Morgan fingerprint density at radius 2 is 2.00 bits per heavy atom. The Labute approximate surface area is 124 Å². The van der Waals surface area contributed by atoms with Crippen LogP contribution in [0.15, 0.2) is 51.6 Å². The van der Waals surface area contributed by atoms with Gasteiger partial charge in [0.1, 0.15) is 10.2 Å². The van der Waals surface area contributed by atoms with Crippen LogP contribution in [0.2, 0.25) is 5.15 Å². The standard InChI is InChI=1S/C13H10ClN3S2/c1-18-13-16-10(14)7-12(17-13)19-11-6-8-4-2-3-5-9(8)15-11/h2-7,15H,1H3. The molecule has 0 saturated heterocycles. The maximum absolute atomic E-state index is 5.99. The van der Waals surface area contributed by atoms with Crippen LogP contribution in [-0.4, -0.2) is 21.2 Å². The SMILES string of the molecule is CSc1nc(Cl)cc(Sc2cc3ccccc3[nH]2)n1. The minimum absolute atomic E-state index is 0.470. The van der Waals surface area contributed by atoms with Gasteiger partial charge in [-0.2, -0.15) is 0 Å². The summed E-state index contributed by atoms with van der Waals surface area (Å²) in [5.74, 6) is 0. The molecule has 0 aliphatic carbocycles. The first-order valence-corrected chi connectivity index (χ1v) is 8.01.